The van der Waals surface area contributed by atoms with Crippen LogP contribution in [0.4, 0.5) is 0 Å². The number of carbonyl (C=O) groups is 1. The van der Waals surface area contributed by atoms with Crippen LogP contribution in [0.15, 0.2) is 34.1 Å². The van der Waals surface area contributed by atoms with Crippen molar-refractivity contribution in [2.45, 2.75) is 67.2 Å². The van der Waals surface area contributed by atoms with Crippen LogP contribution in [0.1, 0.15) is 40.0 Å². The second-order valence-corrected chi connectivity index (χ2v) is 9.99. The second-order valence-electron chi connectivity index (χ2n) is 6.53. The molecule has 1 aromatic carbocycles. The molecule has 1 aromatic rings. The Hall–Kier alpha value is -0.760. The second kappa shape index (κ2) is 10.5. The summed E-state index contributed by atoms with van der Waals surface area (Å²) < 4.78 is 24.9. The highest BCUT2D eigenvalue weighted by molar-refractivity contribution is 8.01. The fourth-order valence-corrected chi connectivity index (χ4v) is 5.81. The molecular formula is C18H29ClN2O3S2. The molecule has 3 unspecified atom stereocenters. The maximum absolute atomic E-state index is 12.5. The predicted octanol–water partition coefficient (Wildman–Crippen LogP) is 3.03. The van der Waals surface area contributed by atoms with E-state index in [2.05, 4.69) is 17.6 Å². The van der Waals surface area contributed by atoms with Gasteiger partial charge in [0.25, 0.3) is 0 Å². The Morgan fingerprint density at radius 1 is 1.38 bits per heavy atom. The molecule has 1 aliphatic rings. The van der Waals surface area contributed by atoms with Gasteiger partial charge in [-0.1, -0.05) is 19.1 Å². The van der Waals surface area contributed by atoms with E-state index in [9.17, 15) is 13.2 Å². The standard InChI is InChI=1S/C18H28N2O3S2.ClH/c1-4-12-25(22,23)17-10-6-5-9-16(17)24-14(3)18(21)20-15-8-7-11-19-13(15)2;/h5-6,9-10,13-15,19H,4,7-8,11-12H2,1-3H3,(H,20,21);1H. The Bertz CT molecular complexity index is 697. The highest BCUT2D eigenvalue weighted by Gasteiger charge is 2.26. The molecule has 26 heavy (non-hydrogen) atoms. The Morgan fingerprint density at radius 2 is 2.08 bits per heavy atom. The number of sulfone groups is 1. The van der Waals surface area contributed by atoms with Crippen LogP contribution in [-0.4, -0.2) is 44.0 Å². The molecule has 1 fully saturated rings. The van der Waals surface area contributed by atoms with Gasteiger partial charge in [-0.25, -0.2) is 8.42 Å². The lowest BCUT2D eigenvalue weighted by atomic mass is 10.00. The lowest BCUT2D eigenvalue weighted by molar-refractivity contribution is -0.121. The molecule has 8 heteroatoms. The molecule has 1 saturated heterocycles. The first-order valence-corrected chi connectivity index (χ1v) is 11.4. The third-order valence-corrected chi connectivity index (χ3v) is 7.70. The van der Waals surface area contributed by atoms with Crippen LogP contribution in [0.2, 0.25) is 0 Å². The van der Waals surface area contributed by atoms with Crippen molar-refractivity contribution in [2.75, 3.05) is 12.3 Å². The molecule has 2 N–H and O–H groups in total. The molecule has 0 bridgehead atoms. The molecule has 0 aromatic heterocycles. The van der Waals surface area contributed by atoms with E-state index >= 15 is 0 Å². The zero-order valence-electron chi connectivity index (χ0n) is 15.5. The zero-order valence-corrected chi connectivity index (χ0v) is 18.0. The topological polar surface area (TPSA) is 75.3 Å². The molecule has 0 spiro atoms. The maximum atomic E-state index is 12.5. The number of amides is 1. The summed E-state index contributed by atoms with van der Waals surface area (Å²) in [4.78, 5) is 13.5. The number of rotatable bonds is 7. The van der Waals surface area contributed by atoms with Crippen molar-refractivity contribution in [3.63, 3.8) is 0 Å². The minimum absolute atomic E-state index is 0. The van der Waals surface area contributed by atoms with E-state index in [-0.39, 0.29) is 41.4 Å². The zero-order chi connectivity index (χ0) is 18.4. The van der Waals surface area contributed by atoms with Crippen molar-refractivity contribution in [2.24, 2.45) is 0 Å². The van der Waals surface area contributed by atoms with E-state index < -0.39 is 9.84 Å². The van der Waals surface area contributed by atoms with E-state index in [1.54, 1.807) is 18.2 Å². The molecule has 1 amide bonds. The molecule has 0 saturated carbocycles. The largest absolute Gasteiger partial charge is 0.351 e. The van der Waals surface area contributed by atoms with Crippen LogP contribution in [0.5, 0.6) is 0 Å². The van der Waals surface area contributed by atoms with Gasteiger partial charge in [-0.05, 0) is 51.8 Å². The Kier molecular flexibility index (Phi) is 9.44. The first kappa shape index (κ1) is 23.3. The third-order valence-electron chi connectivity index (χ3n) is 4.42. The van der Waals surface area contributed by atoms with E-state index in [4.69, 9.17) is 0 Å². The Balaban J connectivity index is 0.00000338. The normalized spacial score (nSPS) is 21.5. The fourth-order valence-electron chi connectivity index (χ4n) is 2.97. The van der Waals surface area contributed by atoms with E-state index in [1.807, 2.05) is 19.9 Å². The summed E-state index contributed by atoms with van der Waals surface area (Å²) in [5.41, 5.74) is 0. The number of carbonyl (C=O) groups excluding carboxylic acids is 1. The van der Waals surface area contributed by atoms with E-state index in [1.165, 1.54) is 11.8 Å². The van der Waals surface area contributed by atoms with E-state index in [0.29, 0.717) is 16.2 Å². The first-order chi connectivity index (χ1) is 11.8. The molecule has 3 atom stereocenters. The minimum Gasteiger partial charge on any atom is -0.351 e. The number of thioether (sulfide) groups is 1. The first-order valence-electron chi connectivity index (χ1n) is 8.87. The summed E-state index contributed by atoms with van der Waals surface area (Å²) in [5.74, 6) is 0.0735. The number of piperidine rings is 1. The Labute approximate surface area is 167 Å². The van der Waals surface area contributed by atoms with Crippen molar-refractivity contribution in [1.29, 1.82) is 0 Å². The number of halogens is 1. The highest BCUT2D eigenvalue weighted by atomic mass is 35.5. The molecule has 1 heterocycles. The predicted molar refractivity (Wildman–Crippen MR) is 110 cm³/mol. The van der Waals surface area contributed by atoms with Crippen LogP contribution >= 0.6 is 24.2 Å². The molecular weight excluding hydrogens is 392 g/mol. The number of benzene rings is 1. The van der Waals surface area contributed by atoms with E-state index in [0.717, 1.165) is 19.4 Å². The van der Waals surface area contributed by atoms with Crippen LogP contribution in [0, 0.1) is 0 Å². The molecule has 0 radical (unpaired) electrons. The quantitative estimate of drug-likeness (QED) is 0.663. The van der Waals surface area contributed by atoms with Gasteiger partial charge in [0.1, 0.15) is 0 Å². The van der Waals surface area contributed by atoms with Crippen LogP contribution < -0.4 is 10.6 Å². The van der Waals surface area contributed by atoms with Crippen LogP contribution in [-0.2, 0) is 14.6 Å². The number of hydrogen-bond donors (Lipinski definition) is 2. The van der Waals surface area contributed by atoms with Gasteiger partial charge in [-0.15, -0.1) is 24.2 Å². The summed E-state index contributed by atoms with van der Waals surface area (Å²) in [6.45, 7) is 6.74. The average molecular weight is 421 g/mol. The smallest absolute Gasteiger partial charge is 0.233 e. The summed E-state index contributed by atoms with van der Waals surface area (Å²) in [7, 11) is -3.31. The van der Waals surface area contributed by atoms with Gasteiger partial charge < -0.3 is 10.6 Å². The van der Waals surface area contributed by atoms with Gasteiger partial charge in [0.15, 0.2) is 9.84 Å². The SMILES string of the molecule is CCCS(=O)(=O)c1ccccc1SC(C)C(=O)NC1CCCNC1C.Cl. The summed E-state index contributed by atoms with van der Waals surface area (Å²) >= 11 is 1.31. The number of nitrogens with one attached hydrogen (secondary N) is 2. The maximum Gasteiger partial charge on any atom is 0.233 e. The van der Waals surface area contributed by atoms with Crippen molar-refractivity contribution in [1.82, 2.24) is 10.6 Å². The van der Waals surface area contributed by atoms with Gasteiger partial charge in [0, 0.05) is 17.0 Å². The highest BCUT2D eigenvalue weighted by Crippen LogP contribution is 2.31. The van der Waals surface area contributed by atoms with Gasteiger partial charge >= 0.3 is 0 Å². The molecule has 0 aliphatic carbocycles. The van der Waals surface area contributed by atoms with Gasteiger partial charge in [0.2, 0.25) is 5.91 Å². The minimum atomic E-state index is -3.31. The lowest BCUT2D eigenvalue weighted by Gasteiger charge is -2.31. The van der Waals surface area contributed by atoms with Crippen LogP contribution in [0.3, 0.4) is 0 Å². The summed E-state index contributed by atoms with van der Waals surface area (Å²) in [5, 5.41) is 6.11. The molecule has 1 aliphatic heterocycles. The van der Waals surface area contributed by atoms with Crippen molar-refractivity contribution < 1.29 is 13.2 Å². The molecule has 5 nitrogen and oxygen atoms in total. The van der Waals surface area contributed by atoms with Crippen molar-refractivity contribution in [3.05, 3.63) is 24.3 Å². The van der Waals surface area contributed by atoms with Crippen molar-refractivity contribution in [3.8, 4) is 0 Å². The Morgan fingerprint density at radius 3 is 2.73 bits per heavy atom. The summed E-state index contributed by atoms with van der Waals surface area (Å²) in [6, 6.07) is 7.33. The molecule has 148 valence electrons. The summed E-state index contributed by atoms with van der Waals surface area (Å²) in [6.07, 6.45) is 2.59. The third kappa shape index (κ3) is 6.15. The molecule has 2 rings (SSSR count). The van der Waals surface area contributed by atoms with Crippen LogP contribution in [0.25, 0.3) is 0 Å². The monoisotopic (exact) mass is 420 g/mol. The van der Waals surface area contributed by atoms with Gasteiger partial charge in [0.05, 0.1) is 15.9 Å². The fraction of sp³-hybridized carbons (Fsp3) is 0.611. The lowest BCUT2D eigenvalue weighted by Crippen LogP contribution is -2.53. The number of hydrogen-bond acceptors (Lipinski definition) is 5. The van der Waals surface area contributed by atoms with Gasteiger partial charge in [-0.2, -0.15) is 0 Å². The average Bonchev–Trinajstić information content (AvgIpc) is 2.57. The van der Waals surface area contributed by atoms with Crippen molar-refractivity contribution >= 4 is 39.9 Å². The van der Waals surface area contributed by atoms with Gasteiger partial charge in [-0.3, -0.25) is 4.79 Å².